The van der Waals surface area contributed by atoms with Crippen LogP contribution in [0.5, 0.6) is 5.75 Å². The largest absolute Gasteiger partial charge is 0.573 e. The van der Waals surface area contributed by atoms with E-state index in [1.54, 1.807) is 0 Å². The molecule has 16 heavy (non-hydrogen) atoms. The molecular weight excluding hydrogens is 229 g/mol. The monoisotopic (exact) mass is 238 g/mol. The fourth-order valence-corrected chi connectivity index (χ4v) is 1.08. The van der Waals surface area contributed by atoms with E-state index in [9.17, 15) is 18.0 Å². The lowest BCUT2D eigenvalue weighted by molar-refractivity contribution is -0.275. The second-order valence-electron chi connectivity index (χ2n) is 2.86. The SMILES string of the molecule is NCc1c[nH]c(CO)c(OC(F)(F)F)c1=O. The second-order valence-corrected chi connectivity index (χ2v) is 2.86. The van der Waals surface area contributed by atoms with E-state index in [1.807, 2.05) is 0 Å². The fourth-order valence-electron chi connectivity index (χ4n) is 1.08. The molecule has 0 atom stereocenters. The van der Waals surface area contributed by atoms with E-state index in [2.05, 4.69) is 9.72 Å². The summed E-state index contributed by atoms with van der Waals surface area (Å²) in [5, 5.41) is 8.75. The molecule has 90 valence electrons. The number of aromatic amines is 1. The first-order valence-corrected chi connectivity index (χ1v) is 4.19. The van der Waals surface area contributed by atoms with Gasteiger partial charge in [-0.05, 0) is 0 Å². The first-order valence-electron chi connectivity index (χ1n) is 4.19. The molecule has 0 aliphatic rings. The number of nitrogens with one attached hydrogen (secondary N) is 1. The van der Waals surface area contributed by atoms with Crippen molar-refractivity contribution in [3.63, 3.8) is 0 Å². The van der Waals surface area contributed by atoms with E-state index in [0.29, 0.717) is 0 Å². The summed E-state index contributed by atoms with van der Waals surface area (Å²) in [6.07, 6.45) is -3.86. The van der Waals surface area contributed by atoms with Gasteiger partial charge in [0.05, 0.1) is 12.3 Å². The molecule has 5 nitrogen and oxygen atoms in total. The van der Waals surface area contributed by atoms with E-state index in [1.165, 1.54) is 0 Å². The lowest BCUT2D eigenvalue weighted by Gasteiger charge is -2.12. The van der Waals surface area contributed by atoms with Crippen molar-refractivity contribution >= 4 is 0 Å². The summed E-state index contributed by atoms with van der Waals surface area (Å²) in [5.41, 5.74) is 3.77. The molecule has 1 rings (SSSR count). The molecule has 0 saturated carbocycles. The van der Waals surface area contributed by atoms with Crippen molar-refractivity contribution in [2.24, 2.45) is 5.73 Å². The minimum atomic E-state index is -5.00. The van der Waals surface area contributed by atoms with Gasteiger partial charge in [0.25, 0.3) is 0 Å². The van der Waals surface area contributed by atoms with Crippen molar-refractivity contribution in [1.29, 1.82) is 0 Å². The van der Waals surface area contributed by atoms with E-state index in [4.69, 9.17) is 10.8 Å². The van der Waals surface area contributed by atoms with E-state index < -0.39 is 24.1 Å². The summed E-state index contributed by atoms with van der Waals surface area (Å²) in [6, 6.07) is 0. The average molecular weight is 238 g/mol. The summed E-state index contributed by atoms with van der Waals surface area (Å²) in [6.45, 7) is -0.999. The molecule has 0 saturated heterocycles. The van der Waals surface area contributed by atoms with Gasteiger partial charge in [-0.25, -0.2) is 0 Å². The van der Waals surface area contributed by atoms with Crippen LogP contribution in [0.2, 0.25) is 0 Å². The molecule has 0 fully saturated rings. The van der Waals surface area contributed by atoms with Crippen molar-refractivity contribution in [2.45, 2.75) is 19.5 Å². The first-order chi connectivity index (χ1) is 7.39. The number of hydrogen-bond acceptors (Lipinski definition) is 4. The third kappa shape index (κ3) is 2.74. The van der Waals surface area contributed by atoms with E-state index in [-0.39, 0.29) is 17.8 Å². The number of halogens is 3. The van der Waals surface area contributed by atoms with Crippen LogP contribution in [0.3, 0.4) is 0 Å². The Balaban J connectivity index is 3.27. The topological polar surface area (TPSA) is 88.3 Å². The van der Waals surface area contributed by atoms with Crippen molar-refractivity contribution in [3.05, 3.63) is 27.7 Å². The zero-order chi connectivity index (χ0) is 12.3. The summed E-state index contributed by atoms with van der Waals surface area (Å²) in [5.74, 6) is -0.974. The Labute approximate surface area is 87.7 Å². The number of alkyl halides is 3. The fraction of sp³-hybridized carbons (Fsp3) is 0.375. The Kier molecular flexibility index (Phi) is 3.55. The molecule has 0 aliphatic carbocycles. The molecular formula is C8H9F3N2O3. The normalized spacial score (nSPS) is 11.6. The minimum Gasteiger partial charge on any atom is -0.400 e. The number of aliphatic hydroxyl groups excluding tert-OH is 1. The highest BCUT2D eigenvalue weighted by molar-refractivity contribution is 5.31. The second kappa shape index (κ2) is 4.54. The standard InChI is InChI=1S/C8H9F3N2O3/c9-8(10,11)16-7-5(3-14)13-2-4(1-12)6(7)15/h2,14H,1,3,12H2,(H,13,15). The maximum Gasteiger partial charge on any atom is 0.573 e. The van der Waals surface area contributed by atoms with Crippen LogP contribution in [-0.2, 0) is 13.2 Å². The van der Waals surface area contributed by atoms with Gasteiger partial charge in [-0.2, -0.15) is 0 Å². The van der Waals surface area contributed by atoms with Gasteiger partial charge >= 0.3 is 6.36 Å². The van der Waals surface area contributed by atoms with Crippen molar-refractivity contribution in [2.75, 3.05) is 0 Å². The summed E-state index contributed by atoms with van der Waals surface area (Å²) >= 11 is 0. The molecule has 0 aromatic carbocycles. The highest BCUT2D eigenvalue weighted by Gasteiger charge is 2.33. The molecule has 1 aromatic heterocycles. The Hall–Kier alpha value is -1.54. The van der Waals surface area contributed by atoms with Crippen molar-refractivity contribution in [1.82, 2.24) is 4.98 Å². The summed E-state index contributed by atoms with van der Waals surface area (Å²) in [7, 11) is 0. The highest BCUT2D eigenvalue weighted by Crippen LogP contribution is 2.22. The third-order valence-corrected chi connectivity index (χ3v) is 1.79. The number of hydrogen-bond donors (Lipinski definition) is 3. The van der Waals surface area contributed by atoms with Crippen LogP contribution >= 0.6 is 0 Å². The summed E-state index contributed by atoms with van der Waals surface area (Å²) < 4.78 is 39.5. The predicted octanol–water partition coefficient (Wildman–Crippen LogP) is 0.225. The van der Waals surface area contributed by atoms with Gasteiger partial charge in [0.15, 0.2) is 5.75 Å². The van der Waals surface area contributed by atoms with Crippen LogP contribution in [0, 0.1) is 0 Å². The maximum absolute atomic E-state index is 12.0. The number of aromatic nitrogens is 1. The third-order valence-electron chi connectivity index (χ3n) is 1.79. The van der Waals surface area contributed by atoms with Crippen molar-refractivity contribution < 1.29 is 23.0 Å². The molecule has 0 bridgehead atoms. The molecule has 1 aromatic rings. The van der Waals surface area contributed by atoms with Crippen LogP contribution in [0.4, 0.5) is 13.2 Å². The molecule has 0 spiro atoms. The van der Waals surface area contributed by atoms with Crippen LogP contribution < -0.4 is 15.9 Å². The number of rotatable bonds is 3. The number of pyridine rings is 1. The zero-order valence-electron chi connectivity index (χ0n) is 7.97. The maximum atomic E-state index is 12.0. The molecule has 1 heterocycles. The first kappa shape index (κ1) is 12.5. The lowest BCUT2D eigenvalue weighted by atomic mass is 10.2. The van der Waals surface area contributed by atoms with Gasteiger partial charge in [-0.15, -0.1) is 13.2 Å². The molecule has 4 N–H and O–H groups in total. The van der Waals surface area contributed by atoms with Gasteiger partial charge < -0.3 is 20.6 Å². The molecule has 0 unspecified atom stereocenters. The number of ether oxygens (including phenoxy) is 1. The predicted molar refractivity (Wildman–Crippen MR) is 47.6 cm³/mol. The Morgan fingerprint density at radius 1 is 1.50 bits per heavy atom. The highest BCUT2D eigenvalue weighted by atomic mass is 19.4. The quantitative estimate of drug-likeness (QED) is 0.703. The van der Waals surface area contributed by atoms with Gasteiger partial charge in [0.2, 0.25) is 5.43 Å². The molecule has 0 amide bonds. The van der Waals surface area contributed by atoms with Crippen LogP contribution in [0.25, 0.3) is 0 Å². The average Bonchev–Trinajstić information content (AvgIpc) is 2.19. The minimum absolute atomic E-state index is 0.0588. The number of H-pyrrole nitrogens is 1. The number of aliphatic hydroxyl groups is 1. The van der Waals surface area contributed by atoms with Gasteiger partial charge in [-0.3, -0.25) is 4.79 Å². The number of nitrogens with two attached hydrogens (primary N) is 1. The molecule has 8 heteroatoms. The Morgan fingerprint density at radius 2 is 2.12 bits per heavy atom. The molecule has 0 aliphatic heterocycles. The van der Waals surface area contributed by atoms with Crippen molar-refractivity contribution in [3.8, 4) is 5.75 Å². The van der Waals surface area contributed by atoms with Crippen LogP contribution in [0.1, 0.15) is 11.3 Å². The zero-order valence-corrected chi connectivity index (χ0v) is 7.97. The van der Waals surface area contributed by atoms with Gasteiger partial charge in [-0.1, -0.05) is 0 Å². The van der Waals surface area contributed by atoms with E-state index >= 15 is 0 Å². The van der Waals surface area contributed by atoms with Gasteiger partial charge in [0.1, 0.15) is 0 Å². The van der Waals surface area contributed by atoms with Crippen LogP contribution in [0.15, 0.2) is 11.0 Å². The Morgan fingerprint density at radius 3 is 2.56 bits per heavy atom. The Bertz CT molecular complexity index is 428. The van der Waals surface area contributed by atoms with Crippen LogP contribution in [-0.4, -0.2) is 16.5 Å². The smallest absolute Gasteiger partial charge is 0.400 e. The summed E-state index contributed by atoms with van der Waals surface area (Å²) in [4.78, 5) is 13.7. The molecule has 0 radical (unpaired) electrons. The van der Waals surface area contributed by atoms with E-state index in [0.717, 1.165) is 6.20 Å². The van der Waals surface area contributed by atoms with Gasteiger partial charge in [0, 0.05) is 18.3 Å². The lowest BCUT2D eigenvalue weighted by Crippen LogP contribution is -2.26.